The van der Waals surface area contributed by atoms with Crippen LogP contribution in [-0.4, -0.2) is 30.8 Å². The molecule has 0 aromatic rings. The SMILES string of the molecule is NCCCC(CCCN)(NC1CCCCC1)NC1CCCCC1. The highest BCUT2D eigenvalue weighted by Crippen LogP contribution is 2.27. The molecule has 2 aliphatic carbocycles. The molecule has 136 valence electrons. The summed E-state index contributed by atoms with van der Waals surface area (Å²) in [6.45, 7) is 1.56. The van der Waals surface area contributed by atoms with Gasteiger partial charge in [0.2, 0.25) is 0 Å². The molecule has 6 N–H and O–H groups in total. The van der Waals surface area contributed by atoms with Crippen molar-refractivity contribution in [3.05, 3.63) is 0 Å². The molecule has 2 fully saturated rings. The Morgan fingerprint density at radius 1 is 0.652 bits per heavy atom. The van der Waals surface area contributed by atoms with Gasteiger partial charge in [-0.05, 0) is 64.5 Å². The van der Waals surface area contributed by atoms with Crippen molar-refractivity contribution in [2.45, 2.75) is 108 Å². The second-order valence-corrected chi connectivity index (χ2v) is 7.83. The predicted octanol–water partition coefficient (Wildman–Crippen LogP) is 3.01. The van der Waals surface area contributed by atoms with Gasteiger partial charge in [-0.25, -0.2) is 0 Å². The van der Waals surface area contributed by atoms with Crippen molar-refractivity contribution in [3.63, 3.8) is 0 Å². The highest BCUT2D eigenvalue weighted by atomic mass is 15.2. The predicted molar refractivity (Wildman–Crippen MR) is 99.3 cm³/mol. The second kappa shape index (κ2) is 10.7. The summed E-state index contributed by atoms with van der Waals surface area (Å²) in [5.41, 5.74) is 11.8. The van der Waals surface area contributed by atoms with Crippen LogP contribution in [0.5, 0.6) is 0 Å². The van der Waals surface area contributed by atoms with E-state index in [0.29, 0.717) is 12.1 Å². The van der Waals surface area contributed by atoms with E-state index in [-0.39, 0.29) is 5.66 Å². The molecule has 0 bridgehead atoms. The van der Waals surface area contributed by atoms with E-state index in [4.69, 9.17) is 11.5 Å². The maximum absolute atomic E-state index is 5.85. The third-order valence-corrected chi connectivity index (χ3v) is 5.79. The van der Waals surface area contributed by atoms with Crippen LogP contribution in [-0.2, 0) is 0 Å². The molecule has 2 aliphatic rings. The molecular weight excluding hydrogens is 284 g/mol. The van der Waals surface area contributed by atoms with Crippen molar-refractivity contribution in [1.29, 1.82) is 0 Å². The summed E-state index contributed by atoms with van der Waals surface area (Å²) in [5.74, 6) is 0. The summed E-state index contributed by atoms with van der Waals surface area (Å²) >= 11 is 0. The molecular formula is C19H40N4. The van der Waals surface area contributed by atoms with Crippen LogP contribution in [0.3, 0.4) is 0 Å². The van der Waals surface area contributed by atoms with Crippen LogP contribution >= 0.6 is 0 Å². The number of hydrogen-bond donors (Lipinski definition) is 4. The maximum atomic E-state index is 5.85. The van der Waals surface area contributed by atoms with Gasteiger partial charge in [-0.2, -0.15) is 0 Å². The van der Waals surface area contributed by atoms with Crippen molar-refractivity contribution in [2.24, 2.45) is 11.5 Å². The van der Waals surface area contributed by atoms with E-state index in [0.717, 1.165) is 38.8 Å². The molecule has 2 saturated carbocycles. The Hall–Kier alpha value is -0.160. The molecule has 0 atom stereocenters. The van der Waals surface area contributed by atoms with Crippen molar-refractivity contribution >= 4 is 0 Å². The molecule has 0 spiro atoms. The zero-order valence-corrected chi connectivity index (χ0v) is 15.1. The second-order valence-electron chi connectivity index (χ2n) is 7.83. The van der Waals surface area contributed by atoms with Crippen molar-refractivity contribution < 1.29 is 0 Å². The molecule has 4 heteroatoms. The van der Waals surface area contributed by atoms with E-state index in [1.807, 2.05) is 0 Å². The lowest BCUT2D eigenvalue weighted by molar-refractivity contribution is 0.140. The largest absolute Gasteiger partial charge is 0.330 e. The molecule has 0 aromatic heterocycles. The fourth-order valence-corrected chi connectivity index (χ4v) is 4.54. The van der Waals surface area contributed by atoms with Gasteiger partial charge in [-0.15, -0.1) is 0 Å². The lowest BCUT2D eigenvalue weighted by atomic mass is 9.88. The molecule has 2 rings (SSSR count). The quantitative estimate of drug-likeness (QED) is 0.466. The normalized spacial score (nSPS) is 21.7. The minimum atomic E-state index is 0.0583. The lowest BCUT2D eigenvalue weighted by Crippen LogP contribution is -2.63. The molecule has 0 radical (unpaired) electrons. The van der Waals surface area contributed by atoms with E-state index in [1.54, 1.807) is 0 Å². The first-order chi connectivity index (χ1) is 11.3. The number of hydrogen-bond acceptors (Lipinski definition) is 4. The van der Waals surface area contributed by atoms with Crippen molar-refractivity contribution in [3.8, 4) is 0 Å². The average Bonchev–Trinajstić information content (AvgIpc) is 2.60. The highest BCUT2D eigenvalue weighted by Gasteiger charge is 2.34. The first kappa shape index (κ1) is 19.2. The molecule has 0 heterocycles. The van der Waals surface area contributed by atoms with Crippen LogP contribution < -0.4 is 22.1 Å². The van der Waals surface area contributed by atoms with Gasteiger partial charge in [0.15, 0.2) is 0 Å². The first-order valence-electron chi connectivity index (χ1n) is 10.2. The zero-order valence-electron chi connectivity index (χ0n) is 15.1. The van der Waals surface area contributed by atoms with Gasteiger partial charge in [-0.3, -0.25) is 10.6 Å². The summed E-state index contributed by atoms with van der Waals surface area (Å²) in [6.07, 6.45) is 18.1. The van der Waals surface area contributed by atoms with Gasteiger partial charge in [0, 0.05) is 12.1 Å². The van der Waals surface area contributed by atoms with Crippen molar-refractivity contribution in [2.75, 3.05) is 13.1 Å². The Balaban J connectivity index is 2.02. The summed E-state index contributed by atoms with van der Waals surface area (Å²) in [5, 5.41) is 8.13. The van der Waals surface area contributed by atoms with Gasteiger partial charge < -0.3 is 11.5 Å². The number of nitrogens with one attached hydrogen (secondary N) is 2. The van der Waals surface area contributed by atoms with Gasteiger partial charge in [-0.1, -0.05) is 38.5 Å². The summed E-state index contributed by atoms with van der Waals surface area (Å²) < 4.78 is 0. The smallest absolute Gasteiger partial charge is 0.0692 e. The number of rotatable bonds is 10. The molecule has 0 aliphatic heterocycles. The Bertz CT molecular complexity index is 266. The fraction of sp³-hybridized carbons (Fsp3) is 1.00. The Morgan fingerprint density at radius 3 is 1.39 bits per heavy atom. The van der Waals surface area contributed by atoms with Gasteiger partial charge in [0.1, 0.15) is 0 Å². The topological polar surface area (TPSA) is 76.1 Å². The van der Waals surface area contributed by atoms with E-state index in [9.17, 15) is 0 Å². The van der Waals surface area contributed by atoms with E-state index in [1.165, 1.54) is 64.2 Å². The van der Waals surface area contributed by atoms with E-state index >= 15 is 0 Å². The standard InChI is InChI=1S/C19H40N4/c20-15-7-13-19(14-8-16-21,22-17-9-3-1-4-10-17)23-18-11-5-2-6-12-18/h17-18,22-23H,1-16,20-21H2. The molecule has 4 nitrogen and oxygen atoms in total. The first-order valence-corrected chi connectivity index (χ1v) is 10.2. The van der Waals surface area contributed by atoms with Crippen LogP contribution in [0.1, 0.15) is 89.9 Å². The number of nitrogens with two attached hydrogens (primary N) is 2. The minimum absolute atomic E-state index is 0.0583. The molecule has 0 aromatic carbocycles. The minimum Gasteiger partial charge on any atom is -0.330 e. The molecule has 0 saturated heterocycles. The molecule has 23 heavy (non-hydrogen) atoms. The van der Waals surface area contributed by atoms with E-state index in [2.05, 4.69) is 10.6 Å². The average molecular weight is 325 g/mol. The highest BCUT2D eigenvalue weighted by molar-refractivity contribution is 4.93. The maximum Gasteiger partial charge on any atom is 0.0692 e. The van der Waals surface area contributed by atoms with Crippen LogP contribution in [0.25, 0.3) is 0 Å². The fourth-order valence-electron chi connectivity index (χ4n) is 4.54. The zero-order chi connectivity index (χ0) is 16.4. The molecule has 0 unspecified atom stereocenters. The Kier molecular flexibility index (Phi) is 8.88. The van der Waals surface area contributed by atoms with Gasteiger partial charge in [0.25, 0.3) is 0 Å². The Morgan fingerprint density at radius 2 is 1.04 bits per heavy atom. The Labute approximate surface area is 143 Å². The lowest BCUT2D eigenvalue weighted by Gasteiger charge is -2.44. The van der Waals surface area contributed by atoms with Crippen molar-refractivity contribution in [1.82, 2.24) is 10.6 Å². The van der Waals surface area contributed by atoms with Crippen LogP contribution in [0, 0.1) is 0 Å². The van der Waals surface area contributed by atoms with Crippen LogP contribution in [0.15, 0.2) is 0 Å². The third kappa shape index (κ3) is 6.69. The summed E-state index contributed by atoms with van der Waals surface area (Å²) in [7, 11) is 0. The summed E-state index contributed by atoms with van der Waals surface area (Å²) in [4.78, 5) is 0. The monoisotopic (exact) mass is 324 g/mol. The van der Waals surface area contributed by atoms with Crippen LogP contribution in [0.2, 0.25) is 0 Å². The molecule has 0 amide bonds. The van der Waals surface area contributed by atoms with Gasteiger partial charge in [0.05, 0.1) is 5.66 Å². The van der Waals surface area contributed by atoms with E-state index < -0.39 is 0 Å². The third-order valence-electron chi connectivity index (χ3n) is 5.79. The van der Waals surface area contributed by atoms with Crippen LogP contribution in [0.4, 0.5) is 0 Å². The summed E-state index contributed by atoms with van der Waals surface area (Å²) in [6, 6.07) is 1.35. The van der Waals surface area contributed by atoms with Gasteiger partial charge >= 0.3 is 0 Å².